The van der Waals surface area contributed by atoms with Gasteiger partial charge in [0.05, 0.1) is 0 Å². The van der Waals surface area contributed by atoms with Crippen LogP contribution in [0.1, 0.15) is 44.6 Å². The molecule has 1 saturated carbocycles. The van der Waals surface area contributed by atoms with Gasteiger partial charge in [0.1, 0.15) is 0 Å². The highest BCUT2D eigenvalue weighted by Crippen LogP contribution is 2.41. The molecule has 1 nitrogen and oxygen atoms in total. The van der Waals surface area contributed by atoms with Gasteiger partial charge >= 0.3 is 0 Å². The molecule has 0 heterocycles. The molecule has 2 aromatic rings. The Bertz CT molecular complexity index is 558. The zero-order valence-electron chi connectivity index (χ0n) is 13.3. The first-order chi connectivity index (χ1) is 10.3. The maximum absolute atomic E-state index is 3.81. The van der Waals surface area contributed by atoms with E-state index >= 15 is 0 Å². The van der Waals surface area contributed by atoms with Crippen LogP contribution in [0.2, 0.25) is 0 Å². The van der Waals surface area contributed by atoms with Gasteiger partial charge in [-0.1, -0.05) is 67.9 Å². The van der Waals surface area contributed by atoms with E-state index in [2.05, 4.69) is 66.8 Å². The van der Waals surface area contributed by atoms with Crippen LogP contribution in [0, 0.1) is 0 Å². The third-order valence-electron chi connectivity index (χ3n) is 4.75. The largest absolute Gasteiger partial charge is 0.307 e. The molecule has 0 radical (unpaired) electrons. The van der Waals surface area contributed by atoms with E-state index in [9.17, 15) is 0 Å². The lowest BCUT2D eigenvalue weighted by Crippen LogP contribution is -2.48. The molecule has 1 aliphatic rings. The summed E-state index contributed by atoms with van der Waals surface area (Å²) in [7, 11) is 0. The Labute approximate surface area is 140 Å². The molecule has 2 aromatic carbocycles. The molecule has 0 bridgehead atoms. The first-order valence-electron chi connectivity index (χ1n) is 8.25. The van der Waals surface area contributed by atoms with E-state index in [0.29, 0.717) is 0 Å². The second-order valence-electron chi connectivity index (χ2n) is 6.16. The van der Waals surface area contributed by atoms with Crippen LogP contribution in [0.3, 0.4) is 0 Å². The van der Waals surface area contributed by atoms with Gasteiger partial charge in [0, 0.05) is 5.54 Å². The SMILES string of the molecule is CCCCNC1(c2ccc(-c3ccccc3)cc2)CCC1.Cl. The predicted molar refractivity (Wildman–Crippen MR) is 97.6 cm³/mol. The lowest BCUT2D eigenvalue weighted by molar-refractivity contribution is 0.185. The van der Waals surface area contributed by atoms with Crippen molar-refractivity contribution in [3.63, 3.8) is 0 Å². The summed E-state index contributed by atoms with van der Waals surface area (Å²) in [4.78, 5) is 0. The fourth-order valence-corrected chi connectivity index (χ4v) is 3.21. The van der Waals surface area contributed by atoms with Gasteiger partial charge in [-0.3, -0.25) is 0 Å². The average Bonchev–Trinajstić information content (AvgIpc) is 2.51. The highest BCUT2D eigenvalue weighted by molar-refractivity contribution is 5.85. The van der Waals surface area contributed by atoms with Crippen molar-refractivity contribution in [1.29, 1.82) is 0 Å². The number of hydrogen-bond acceptors (Lipinski definition) is 1. The van der Waals surface area contributed by atoms with E-state index in [4.69, 9.17) is 0 Å². The Kier molecular flexibility index (Phi) is 6.05. The van der Waals surface area contributed by atoms with Crippen molar-refractivity contribution in [1.82, 2.24) is 5.32 Å². The molecule has 0 saturated heterocycles. The zero-order valence-corrected chi connectivity index (χ0v) is 14.2. The van der Waals surface area contributed by atoms with Crippen LogP contribution >= 0.6 is 12.4 Å². The van der Waals surface area contributed by atoms with E-state index in [-0.39, 0.29) is 17.9 Å². The fourth-order valence-electron chi connectivity index (χ4n) is 3.21. The second-order valence-corrected chi connectivity index (χ2v) is 6.16. The lowest BCUT2D eigenvalue weighted by Gasteiger charge is -2.43. The summed E-state index contributed by atoms with van der Waals surface area (Å²) in [5.41, 5.74) is 4.32. The Balaban J connectivity index is 0.00000176. The monoisotopic (exact) mass is 315 g/mol. The molecule has 1 N–H and O–H groups in total. The molecule has 0 aliphatic heterocycles. The Morgan fingerprint density at radius 1 is 0.909 bits per heavy atom. The summed E-state index contributed by atoms with van der Waals surface area (Å²) < 4.78 is 0. The molecule has 0 unspecified atom stereocenters. The second kappa shape index (κ2) is 7.80. The molecule has 2 heteroatoms. The van der Waals surface area contributed by atoms with Crippen LogP contribution in [-0.4, -0.2) is 6.54 Å². The van der Waals surface area contributed by atoms with Crippen molar-refractivity contribution >= 4 is 12.4 Å². The van der Waals surface area contributed by atoms with Gasteiger partial charge in [0.25, 0.3) is 0 Å². The van der Waals surface area contributed by atoms with Gasteiger partial charge < -0.3 is 5.32 Å². The van der Waals surface area contributed by atoms with Crippen LogP contribution in [0.5, 0.6) is 0 Å². The van der Waals surface area contributed by atoms with Crippen LogP contribution in [-0.2, 0) is 5.54 Å². The number of rotatable bonds is 6. The highest BCUT2D eigenvalue weighted by Gasteiger charge is 2.37. The predicted octanol–water partition coefficient (Wildman–Crippen LogP) is 5.54. The van der Waals surface area contributed by atoms with Gasteiger partial charge in [-0.15, -0.1) is 12.4 Å². The number of halogens is 1. The minimum Gasteiger partial charge on any atom is -0.307 e. The summed E-state index contributed by atoms with van der Waals surface area (Å²) >= 11 is 0. The van der Waals surface area contributed by atoms with Crippen molar-refractivity contribution < 1.29 is 0 Å². The van der Waals surface area contributed by atoms with Crippen molar-refractivity contribution in [2.45, 2.75) is 44.6 Å². The van der Waals surface area contributed by atoms with Crippen molar-refractivity contribution in [3.05, 3.63) is 60.2 Å². The molecule has 3 rings (SSSR count). The summed E-state index contributed by atoms with van der Waals surface area (Å²) in [6.07, 6.45) is 6.43. The molecular weight excluding hydrogens is 290 g/mol. The van der Waals surface area contributed by atoms with Gasteiger partial charge in [0.2, 0.25) is 0 Å². The van der Waals surface area contributed by atoms with E-state index in [0.717, 1.165) is 6.54 Å². The fraction of sp³-hybridized carbons (Fsp3) is 0.400. The lowest BCUT2D eigenvalue weighted by atomic mass is 9.71. The molecular formula is C20H26ClN. The molecule has 22 heavy (non-hydrogen) atoms. The topological polar surface area (TPSA) is 12.0 Å². The molecule has 0 amide bonds. The van der Waals surface area contributed by atoms with Crippen molar-refractivity contribution in [3.8, 4) is 11.1 Å². The summed E-state index contributed by atoms with van der Waals surface area (Å²) in [6, 6.07) is 19.8. The highest BCUT2D eigenvalue weighted by atomic mass is 35.5. The smallest absolute Gasteiger partial charge is 0.0434 e. The zero-order chi connectivity index (χ0) is 14.5. The molecule has 1 aliphatic carbocycles. The van der Waals surface area contributed by atoms with Gasteiger partial charge in [-0.25, -0.2) is 0 Å². The summed E-state index contributed by atoms with van der Waals surface area (Å²) in [5.74, 6) is 0. The van der Waals surface area contributed by atoms with Crippen LogP contribution in [0.25, 0.3) is 11.1 Å². The van der Waals surface area contributed by atoms with E-state index in [1.54, 1.807) is 0 Å². The minimum absolute atomic E-state index is 0. The van der Waals surface area contributed by atoms with E-state index in [1.807, 2.05) is 0 Å². The Morgan fingerprint density at radius 2 is 1.55 bits per heavy atom. The van der Waals surface area contributed by atoms with E-state index < -0.39 is 0 Å². The Morgan fingerprint density at radius 3 is 2.09 bits per heavy atom. The van der Waals surface area contributed by atoms with Crippen molar-refractivity contribution in [2.75, 3.05) is 6.54 Å². The maximum atomic E-state index is 3.81. The van der Waals surface area contributed by atoms with Crippen molar-refractivity contribution in [2.24, 2.45) is 0 Å². The number of hydrogen-bond donors (Lipinski definition) is 1. The minimum atomic E-state index is 0. The average molecular weight is 316 g/mol. The number of unbranched alkanes of at least 4 members (excludes halogenated alkanes) is 1. The normalized spacial score (nSPS) is 15.7. The van der Waals surface area contributed by atoms with Gasteiger partial charge in [0.15, 0.2) is 0 Å². The molecule has 118 valence electrons. The summed E-state index contributed by atoms with van der Waals surface area (Å²) in [5, 5.41) is 3.81. The summed E-state index contributed by atoms with van der Waals surface area (Å²) in [6.45, 7) is 3.39. The first kappa shape index (κ1) is 17.1. The first-order valence-corrected chi connectivity index (χ1v) is 8.25. The standard InChI is InChI=1S/C20H25N.ClH/c1-2-3-16-21-20(14-7-15-20)19-12-10-18(11-13-19)17-8-5-4-6-9-17;/h4-6,8-13,21H,2-3,7,14-16H2,1H3;1H. The molecule has 0 aromatic heterocycles. The van der Waals surface area contributed by atoms with Crippen LogP contribution in [0.15, 0.2) is 54.6 Å². The van der Waals surface area contributed by atoms with E-state index in [1.165, 1.54) is 48.8 Å². The Hall–Kier alpha value is -1.31. The third-order valence-corrected chi connectivity index (χ3v) is 4.75. The third kappa shape index (κ3) is 3.53. The molecule has 0 atom stereocenters. The maximum Gasteiger partial charge on any atom is 0.0434 e. The van der Waals surface area contributed by atoms with Crippen LogP contribution in [0.4, 0.5) is 0 Å². The van der Waals surface area contributed by atoms with Gasteiger partial charge in [-0.2, -0.15) is 0 Å². The molecule has 0 spiro atoms. The number of nitrogens with one attached hydrogen (secondary N) is 1. The van der Waals surface area contributed by atoms with Gasteiger partial charge in [-0.05, 0) is 48.9 Å². The molecule has 1 fully saturated rings. The number of benzene rings is 2. The quantitative estimate of drug-likeness (QED) is 0.690. The van der Waals surface area contributed by atoms with Crippen LogP contribution < -0.4 is 5.32 Å².